The van der Waals surface area contributed by atoms with Crippen LogP contribution in [0.4, 0.5) is 5.69 Å². The number of amides is 1. The van der Waals surface area contributed by atoms with Gasteiger partial charge in [-0.15, -0.1) is 0 Å². The Bertz CT molecular complexity index is 1250. The van der Waals surface area contributed by atoms with Gasteiger partial charge in [0.15, 0.2) is 6.29 Å². The number of aliphatic hydroxyl groups excluding tert-OH is 1. The van der Waals surface area contributed by atoms with Gasteiger partial charge in [0.2, 0.25) is 5.91 Å². The Kier molecular flexibility index (Phi) is 12.1. The third-order valence-corrected chi connectivity index (χ3v) is 7.44. The molecular formula is C34H42N2O6. The number of carbonyl (C=O) groups excluding carboxylic acids is 1. The molecule has 0 radical (unpaired) electrons. The molecule has 3 aromatic carbocycles. The molecule has 224 valence electrons. The van der Waals surface area contributed by atoms with Crippen LogP contribution in [0.1, 0.15) is 79.6 Å². The predicted octanol–water partition coefficient (Wildman–Crippen LogP) is 6.22. The molecule has 0 aromatic heterocycles. The predicted molar refractivity (Wildman–Crippen MR) is 162 cm³/mol. The van der Waals surface area contributed by atoms with Crippen LogP contribution in [0.15, 0.2) is 78.9 Å². The summed E-state index contributed by atoms with van der Waals surface area (Å²) >= 11 is 0. The van der Waals surface area contributed by atoms with Crippen LogP contribution in [0, 0.1) is 0 Å². The van der Waals surface area contributed by atoms with Gasteiger partial charge in [0.05, 0.1) is 18.8 Å². The van der Waals surface area contributed by atoms with Gasteiger partial charge in [-0.05, 0) is 48.7 Å². The largest absolute Gasteiger partial charge is 0.481 e. The van der Waals surface area contributed by atoms with Gasteiger partial charge in [-0.25, -0.2) is 0 Å². The Hall–Kier alpha value is -3.56. The summed E-state index contributed by atoms with van der Waals surface area (Å²) in [5.41, 5.74) is 4.73. The first-order chi connectivity index (χ1) is 20.4. The van der Waals surface area contributed by atoms with Gasteiger partial charge in [0, 0.05) is 43.6 Å². The van der Waals surface area contributed by atoms with E-state index in [-0.39, 0.29) is 31.1 Å². The number of benzene rings is 3. The highest BCUT2D eigenvalue weighted by Crippen LogP contribution is 2.38. The molecule has 0 saturated carbocycles. The van der Waals surface area contributed by atoms with E-state index in [0.29, 0.717) is 24.9 Å². The van der Waals surface area contributed by atoms with Crippen molar-refractivity contribution in [3.8, 4) is 0 Å². The number of likely N-dealkylation sites (N-methyl/N-ethyl adjacent to an activating group) is 1. The maximum absolute atomic E-state index is 12.4. The van der Waals surface area contributed by atoms with Crippen molar-refractivity contribution in [2.75, 3.05) is 18.9 Å². The van der Waals surface area contributed by atoms with E-state index in [1.807, 2.05) is 66.7 Å². The molecule has 1 saturated heterocycles. The summed E-state index contributed by atoms with van der Waals surface area (Å²) in [5.74, 6) is -0.836. The third kappa shape index (κ3) is 10.1. The number of aliphatic carboxylic acids is 1. The van der Waals surface area contributed by atoms with E-state index in [0.717, 1.165) is 49.0 Å². The summed E-state index contributed by atoms with van der Waals surface area (Å²) in [6.07, 6.45) is 3.51. The Morgan fingerprint density at radius 1 is 0.833 bits per heavy atom. The van der Waals surface area contributed by atoms with Gasteiger partial charge in [0.25, 0.3) is 0 Å². The lowest BCUT2D eigenvalue weighted by Gasteiger charge is -2.38. The van der Waals surface area contributed by atoms with Crippen molar-refractivity contribution in [3.05, 3.63) is 101 Å². The molecule has 0 aliphatic carbocycles. The third-order valence-electron chi connectivity index (χ3n) is 7.44. The number of aliphatic hydroxyl groups is 1. The quantitative estimate of drug-likeness (QED) is 0.185. The summed E-state index contributed by atoms with van der Waals surface area (Å²) in [4.78, 5) is 25.3. The molecule has 8 heteroatoms. The summed E-state index contributed by atoms with van der Waals surface area (Å²) in [5, 5.41) is 21.1. The van der Waals surface area contributed by atoms with Gasteiger partial charge in [-0.3, -0.25) is 14.5 Å². The van der Waals surface area contributed by atoms with Crippen LogP contribution in [0.5, 0.6) is 0 Å². The standard InChI is InChI=1S/C34H42N2O6/c1-36(22-25-9-5-4-6-10-25)23-30-21-31(27-15-13-26(24-37)14-16-27)42-34(41-30)28-17-19-29(20-18-28)35-32(38)11-7-2-3-8-12-33(39)40/h4-6,9-10,13-20,30-31,34,37H,2-3,7-8,11-12,21-24H2,1H3,(H,35,38)(H,39,40). The van der Waals surface area contributed by atoms with Gasteiger partial charge >= 0.3 is 5.97 Å². The Morgan fingerprint density at radius 3 is 2.17 bits per heavy atom. The number of nitrogens with one attached hydrogen (secondary N) is 1. The van der Waals surface area contributed by atoms with Crippen LogP contribution in [-0.4, -0.2) is 46.7 Å². The van der Waals surface area contributed by atoms with Crippen molar-refractivity contribution in [2.45, 2.75) is 76.6 Å². The fourth-order valence-corrected chi connectivity index (χ4v) is 5.20. The van der Waals surface area contributed by atoms with Gasteiger partial charge in [-0.1, -0.05) is 79.6 Å². The van der Waals surface area contributed by atoms with Crippen molar-refractivity contribution in [3.63, 3.8) is 0 Å². The first kappa shape index (κ1) is 31.4. The van der Waals surface area contributed by atoms with E-state index in [4.69, 9.17) is 14.6 Å². The first-order valence-electron chi connectivity index (χ1n) is 14.7. The number of anilines is 1. The number of hydrogen-bond donors (Lipinski definition) is 3. The zero-order valence-corrected chi connectivity index (χ0v) is 24.3. The highest BCUT2D eigenvalue weighted by Gasteiger charge is 2.32. The smallest absolute Gasteiger partial charge is 0.303 e. The Labute approximate surface area is 248 Å². The number of carboxylic acids is 1. The number of unbranched alkanes of at least 4 members (excludes halogenated alkanes) is 3. The Morgan fingerprint density at radius 2 is 1.50 bits per heavy atom. The number of hydrogen-bond acceptors (Lipinski definition) is 6. The van der Waals surface area contributed by atoms with E-state index in [1.165, 1.54) is 5.56 Å². The van der Waals surface area contributed by atoms with Crippen LogP contribution in [0.3, 0.4) is 0 Å². The summed E-state index contributed by atoms with van der Waals surface area (Å²) in [6.45, 7) is 1.56. The average Bonchev–Trinajstić information content (AvgIpc) is 2.99. The van der Waals surface area contributed by atoms with E-state index in [9.17, 15) is 14.7 Å². The lowest BCUT2D eigenvalue weighted by Crippen LogP contribution is -2.37. The number of nitrogens with zero attached hydrogens (tertiary/aromatic N) is 1. The minimum Gasteiger partial charge on any atom is -0.481 e. The van der Waals surface area contributed by atoms with Crippen molar-refractivity contribution in [1.29, 1.82) is 0 Å². The van der Waals surface area contributed by atoms with Crippen LogP contribution >= 0.6 is 0 Å². The molecule has 0 bridgehead atoms. The monoisotopic (exact) mass is 574 g/mol. The molecule has 0 spiro atoms. The van der Waals surface area contributed by atoms with Crippen LogP contribution < -0.4 is 5.32 Å². The summed E-state index contributed by atoms with van der Waals surface area (Å²) in [7, 11) is 2.10. The van der Waals surface area contributed by atoms with Crippen LogP contribution in [0.25, 0.3) is 0 Å². The molecular weight excluding hydrogens is 532 g/mol. The fourth-order valence-electron chi connectivity index (χ4n) is 5.20. The lowest BCUT2D eigenvalue weighted by atomic mass is 9.99. The molecule has 3 N–H and O–H groups in total. The molecule has 1 aliphatic heterocycles. The SMILES string of the molecule is CN(Cc1ccccc1)CC1CC(c2ccc(CO)cc2)OC(c2ccc(NC(=O)CCCCCCC(=O)O)cc2)O1. The topological polar surface area (TPSA) is 108 Å². The first-order valence-corrected chi connectivity index (χ1v) is 14.7. The number of carbonyl (C=O) groups is 2. The minimum atomic E-state index is -0.779. The molecule has 1 amide bonds. The van der Waals surface area contributed by atoms with Gasteiger partial charge in [-0.2, -0.15) is 0 Å². The Balaban J connectivity index is 1.36. The molecule has 4 rings (SSSR count). The molecule has 8 nitrogen and oxygen atoms in total. The highest BCUT2D eigenvalue weighted by molar-refractivity contribution is 5.90. The molecule has 1 heterocycles. The number of rotatable bonds is 15. The van der Waals surface area contributed by atoms with Crippen LogP contribution in [0.2, 0.25) is 0 Å². The summed E-state index contributed by atoms with van der Waals surface area (Å²) in [6, 6.07) is 25.8. The molecule has 3 atom stereocenters. The summed E-state index contributed by atoms with van der Waals surface area (Å²) < 4.78 is 12.9. The molecule has 42 heavy (non-hydrogen) atoms. The zero-order valence-electron chi connectivity index (χ0n) is 24.3. The van der Waals surface area contributed by atoms with E-state index in [2.05, 4.69) is 29.4 Å². The average molecular weight is 575 g/mol. The van der Waals surface area contributed by atoms with Crippen LogP contribution in [-0.2, 0) is 32.2 Å². The second-order valence-electron chi connectivity index (χ2n) is 11.0. The van der Waals surface area contributed by atoms with E-state index in [1.54, 1.807) is 0 Å². The minimum absolute atomic E-state index is 0.000124. The maximum Gasteiger partial charge on any atom is 0.303 e. The van der Waals surface area contributed by atoms with Gasteiger partial charge < -0.3 is 25.0 Å². The number of ether oxygens (including phenoxy) is 2. The zero-order chi connectivity index (χ0) is 29.7. The van der Waals surface area contributed by atoms with Crippen molar-refractivity contribution in [1.82, 2.24) is 4.90 Å². The fraction of sp³-hybridized carbons (Fsp3) is 0.412. The molecule has 3 unspecified atom stereocenters. The maximum atomic E-state index is 12.4. The molecule has 1 aliphatic rings. The van der Waals surface area contributed by atoms with Crippen molar-refractivity contribution in [2.24, 2.45) is 0 Å². The van der Waals surface area contributed by atoms with Crippen molar-refractivity contribution >= 4 is 17.6 Å². The molecule has 1 fully saturated rings. The number of carboxylic acid groups (broad SMARTS) is 1. The molecule has 3 aromatic rings. The second kappa shape index (κ2) is 16.2. The van der Waals surface area contributed by atoms with Crippen molar-refractivity contribution < 1.29 is 29.3 Å². The second-order valence-corrected chi connectivity index (χ2v) is 11.0. The lowest BCUT2D eigenvalue weighted by molar-refractivity contribution is -0.252. The van der Waals surface area contributed by atoms with E-state index < -0.39 is 12.3 Å². The van der Waals surface area contributed by atoms with E-state index >= 15 is 0 Å². The highest BCUT2D eigenvalue weighted by atomic mass is 16.7. The normalized spacial score (nSPS) is 18.6. The van der Waals surface area contributed by atoms with Gasteiger partial charge in [0.1, 0.15) is 0 Å².